The first-order chi connectivity index (χ1) is 11.2. The number of fused-ring (bicyclic) bond motifs is 1. The van der Waals surface area contributed by atoms with Crippen molar-refractivity contribution < 1.29 is 19.0 Å². The van der Waals surface area contributed by atoms with Gasteiger partial charge in [-0.25, -0.2) is 5.84 Å². The van der Waals surface area contributed by atoms with E-state index >= 15 is 0 Å². The number of hydrogen-bond donors (Lipinski definition) is 2. The molecule has 3 rings (SSSR count). The highest BCUT2D eigenvalue weighted by molar-refractivity contribution is 5.88. The maximum atomic E-state index is 12.6. The van der Waals surface area contributed by atoms with Crippen molar-refractivity contribution in [3.8, 4) is 5.75 Å². The minimum atomic E-state index is -0.679. The minimum Gasteiger partial charge on any atom is -0.494 e. The molecule has 0 bridgehead atoms. The first-order valence-corrected chi connectivity index (χ1v) is 8.17. The van der Waals surface area contributed by atoms with Gasteiger partial charge in [0.25, 0.3) is 0 Å². The van der Waals surface area contributed by atoms with Crippen LogP contribution in [0, 0.1) is 0 Å². The molecule has 1 aliphatic carbocycles. The first-order valence-electron chi connectivity index (χ1n) is 8.17. The zero-order chi connectivity index (χ0) is 16.3. The Hall–Kier alpha value is -1.63. The second kappa shape index (κ2) is 6.86. The number of nitrogens with two attached hydrogens (primary N) is 1. The molecule has 6 nitrogen and oxygen atoms in total. The zero-order valence-electron chi connectivity index (χ0n) is 13.4. The van der Waals surface area contributed by atoms with Crippen molar-refractivity contribution in [1.29, 1.82) is 0 Å². The molecular weight excluding hydrogens is 296 g/mol. The molecule has 1 saturated carbocycles. The third-order valence-electron chi connectivity index (χ3n) is 4.85. The number of rotatable bonds is 4. The van der Waals surface area contributed by atoms with Crippen LogP contribution in [0.25, 0.3) is 0 Å². The number of amides is 1. The molecule has 23 heavy (non-hydrogen) atoms. The highest BCUT2D eigenvalue weighted by Gasteiger charge is 2.48. The highest BCUT2D eigenvalue weighted by Crippen LogP contribution is 2.43. The van der Waals surface area contributed by atoms with E-state index in [1.807, 2.05) is 31.2 Å². The largest absolute Gasteiger partial charge is 0.494 e. The Bertz CT molecular complexity index is 548. The molecule has 1 aromatic carbocycles. The molecule has 1 saturated heterocycles. The van der Waals surface area contributed by atoms with Gasteiger partial charge in [0.05, 0.1) is 37.4 Å². The van der Waals surface area contributed by atoms with E-state index in [1.165, 1.54) is 0 Å². The Morgan fingerprint density at radius 3 is 2.65 bits per heavy atom. The van der Waals surface area contributed by atoms with Gasteiger partial charge in [0.15, 0.2) is 0 Å². The number of hydrazine groups is 1. The molecule has 3 unspecified atom stereocenters. The third-order valence-corrected chi connectivity index (χ3v) is 4.85. The van der Waals surface area contributed by atoms with Gasteiger partial charge in [0.1, 0.15) is 5.75 Å². The molecule has 1 aromatic rings. The van der Waals surface area contributed by atoms with Crippen molar-refractivity contribution in [2.45, 2.75) is 43.8 Å². The van der Waals surface area contributed by atoms with Crippen LogP contribution in [0.1, 0.15) is 31.7 Å². The van der Waals surface area contributed by atoms with Gasteiger partial charge >= 0.3 is 0 Å². The summed E-state index contributed by atoms with van der Waals surface area (Å²) in [6.07, 6.45) is 2.06. The smallest absolute Gasteiger partial charge is 0.244 e. The average Bonchev–Trinajstić information content (AvgIpc) is 2.61. The monoisotopic (exact) mass is 320 g/mol. The van der Waals surface area contributed by atoms with Crippen LogP contribution in [0.5, 0.6) is 5.75 Å². The number of ether oxygens (including phenoxy) is 3. The quantitative estimate of drug-likeness (QED) is 0.496. The molecule has 126 valence electrons. The molecule has 1 heterocycles. The second-order valence-corrected chi connectivity index (χ2v) is 6.07. The molecule has 0 radical (unpaired) electrons. The Morgan fingerprint density at radius 2 is 2.00 bits per heavy atom. The van der Waals surface area contributed by atoms with E-state index in [-0.39, 0.29) is 18.1 Å². The second-order valence-electron chi connectivity index (χ2n) is 6.07. The summed E-state index contributed by atoms with van der Waals surface area (Å²) in [5.41, 5.74) is 2.60. The number of benzene rings is 1. The fourth-order valence-electron chi connectivity index (χ4n) is 3.68. The van der Waals surface area contributed by atoms with Gasteiger partial charge in [-0.2, -0.15) is 0 Å². The van der Waals surface area contributed by atoms with Crippen LogP contribution in [0.3, 0.4) is 0 Å². The topological polar surface area (TPSA) is 82.8 Å². The van der Waals surface area contributed by atoms with Crippen LogP contribution in [0.2, 0.25) is 0 Å². The van der Waals surface area contributed by atoms with Crippen molar-refractivity contribution in [3.05, 3.63) is 29.8 Å². The summed E-state index contributed by atoms with van der Waals surface area (Å²) in [5, 5.41) is 0. The molecule has 1 aliphatic heterocycles. The SMILES string of the molecule is CCOc1ccc(C2(C(=O)NN)CCC3OCCOC3C2)cc1. The lowest BCUT2D eigenvalue weighted by Gasteiger charge is -2.45. The molecule has 2 aliphatic rings. The Labute approximate surface area is 136 Å². The van der Waals surface area contributed by atoms with Gasteiger partial charge in [-0.05, 0) is 43.9 Å². The molecule has 6 heteroatoms. The highest BCUT2D eigenvalue weighted by atomic mass is 16.6. The molecule has 0 spiro atoms. The normalized spacial score (nSPS) is 30.3. The van der Waals surface area contributed by atoms with E-state index in [4.69, 9.17) is 20.1 Å². The average molecular weight is 320 g/mol. The van der Waals surface area contributed by atoms with Crippen LogP contribution in [0.4, 0.5) is 0 Å². The van der Waals surface area contributed by atoms with Crippen LogP contribution in [-0.2, 0) is 19.7 Å². The van der Waals surface area contributed by atoms with Gasteiger partial charge in [-0.3, -0.25) is 10.2 Å². The maximum Gasteiger partial charge on any atom is 0.244 e. The summed E-state index contributed by atoms with van der Waals surface area (Å²) < 4.78 is 17.1. The van der Waals surface area contributed by atoms with Gasteiger partial charge in [0, 0.05) is 0 Å². The van der Waals surface area contributed by atoms with Gasteiger partial charge in [-0.15, -0.1) is 0 Å². The van der Waals surface area contributed by atoms with E-state index in [1.54, 1.807) is 0 Å². The summed E-state index contributed by atoms with van der Waals surface area (Å²) in [4.78, 5) is 12.6. The van der Waals surface area contributed by atoms with E-state index in [0.717, 1.165) is 17.7 Å². The number of hydrogen-bond acceptors (Lipinski definition) is 5. The van der Waals surface area contributed by atoms with Crippen molar-refractivity contribution in [3.63, 3.8) is 0 Å². The summed E-state index contributed by atoms with van der Waals surface area (Å²) in [7, 11) is 0. The number of carbonyl (C=O) groups is 1. The number of carbonyl (C=O) groups excluding carboxylic acids is 1. The van der Waals surface area contributed by atoms with Crippen LogP contribution in [0.15, 0.2) is 24.3 Å². The molecule has 0 aromatic heterocycles. The zero-order valence-corrected chi connectivity index (χ0v) is 13.4. The Kier molecular flexibility index (Phi) is 4.84. The van der Waals surface area contributed by atoms with Crippen molar-refractivity contribution in [2.75, 3.05) is 19.8 Å². The van der Waals surface area contributed by atoms with Gasteiger partial charge < -0.3 is 14.2 Å². The van der Waals surface area contributed by atoms with Crippen LogP contribution >= 0.6 is 0 Å². The van der Waals surface area contributed by atoms with Crippen molar-refractivity contribution >= 4 is 5.91 Å². The van der Waals surface area contributed by atoms with E-state index in [2.05, 4.69) is 5.43 Å². The van der Waals surface area contributed by atoms with Crippen molar-refractivity contribution in [1.82, 2.24) is 5.43 Å². The molecule has 1 amide bonds. The van der Waals surface area contributed by atoms with Crippen LogP contribution < -0.4 is 16.0 Å². The molecule has 2 fully saturated rings. The standard InChI is InChI=1S/C17H24N2O4/c1-2-21-13-5-3-12(4-6-13)17(16(20)19-18)8-7-14-15(11-17)23-10-9-22-14/h3-6,14-15H,2,7-11,18H2,1H3,(H,19,20). The Morgan fingerprint density at radius 1 is 1.30 bits per heavy atom. The lowest BCUT2D eigenvalue weighted by atomic mass is 9.67. The molecule has 3 atom stereocenters. The molecular formula is C17H24N2O4. The third kappa shape index (κ3) is 3.06. The van der Waals surface area contributed by atoms with E-state index in [9.17, 15) is 4.79 Å². The molecule has 3 N–H and O–H groups in total. The van der Waals surface area contributed by atoms with E-state index in [0.29, 0.717) is 32.7 Å². The minimum absolute atomic E-state index is 0.0682. The van der Waals surface area contributed by atoms with Gasteiger partial charge in [0.2, 0.25) is 5.91 Å². The predicted molar refractivity (Wildman–Crippen MR) is 85.0 cm³/mol. The lowest BCUT2D eigenvalue weighted by molar-refractivity contribution is -0.169. The summed E-state index contributed by atoms with van der Waals surface area (Å²) >= 11 is 0. The summed E-state index contributed by atoms with van der Waals surface area (Å²) in [6, 6.07) is 7.69. The van der Waals surface area contributed by atoms with Crippen molar-refractivity contribution in [2.24, 2.45) is 5.84 Å². The first kappa shape index (κ1) is 16.2. The Balaban J connectivity index is 1.89. The predicted octanol–water partition coefficient (Wildman–Crippen LogP) is 1.28. The van der Waals surface area contributed by atoms with E-state index < -0.39 is 5.41 Å². The van der Waals surface area contributed by atoms with Crippen LogP contribution in [-0.4, -0.2) is 37.9 Å². The fraction of sp³-hybridized carbons (Fsp3) is 0.588. The summed E-state index contributed by atoms with van der Waals surface area (Å²) in [5.74, 6) is 6.10. The summed E-state index contributed by atoms with van der Waals surface area (Å²) in [6.45, 7) is 3.76. The van der Waals surface area contributed by atoms with Gasteiger partial charge in [-0.1, -0.05) is 12.1 Å². The lowest BCUT2D eigenvalue weighted by Crippen LogP contribution is -2.55. The maximum absolute atomic E-state index is 12.6. The number of nitrogens with one attached hydrogen (secondary N) is 1. The fourth-order valence-corrected chi connectivity index (χ4v) is 3.68.